The van der Waals surface area contributed by atoms with Gasteiger partial charge < -0.3 is 0 Å². The molecule has 1 aliphatic rings. The number of tetrazole rings is 1. The summed E-state index contributed by atoms with van der Waals surface area (Å²) in [6.45, 7) is 3.36. The van der Waals surface area contributed by atoms with Gasteiger partial charge in [-0.1, -0.05) is 81.3 Å². The number of pyridine rings is 1. The largest absolute Gasteiger partial charge is 0.329 e. The van der Waals surface area contributed by atoms with Gasteiger partial charge in [-0.25, -0.2) is 9.89 Å². The minimum Gasteiger partial charge on any atom is -0.290 e. The third kappa shape index (κ3) is 5.69. The molecule has 0 aliphatic heterocycles. The van der Waals surface area contributed by atoms with Gasteiger partial charge in [-0.2, -0.15) is 0 Å². The zero-order chi connectivity index (χ0) is 25.6. The van der Waals surface area contributed by atoms with Crippen molar-refractivity contribution in [2.75, 3.05) is 0 Å². The van der Waals surface area contributed by atoms with E-state index in [1.165, 1.54) is 32.1 Å². The number of hydrogen-bond acceptors (Lipinski definition) is 5. The normalized spacial score (nSPS) is 14.3. The average Bonchev–Trinajstić information content (AvgIpc) is 3.55. The number of benzene rings is 1. The second kappa shape index (κ2) is 11.9. The number of hydrogen-bond donors (Lipinski definition) is 1. The average molecular weight is 520 g/mol. The van der Waals surface area contributed by atoms with Crippen LogP contribution in [0.25, 0.3) is 22.6 Å². The highest BCUT2D eigenvalue weighted by Crippen LogP contribution is 2.29. The van der Waals surface area contributed by atoms with Crippen LogP contribution in [0.5, 0.6) is 0 Å². The molecular formula is C28H34ClN7O. The summed E-state index contributed by atoms with van der Waals surface area (Å²) in [6, 6.07) is 12.0. The number of nitrogens with one attached hydrogen (secondary N) is 1. The predicted molar refractivity (Wildman–Crippen MR) is 145 cm³/mol. The summed E-state index contributed by atoms with van der Waals surface area (Å²) in [5.74, 6) is 1.28. The first-order valence-corrected chi connectivity index (χ1v) is 13.8. The van der Waals surface area contributed by atoms with Gasteiger partial charge in [0, 0.05) is 23.9 Å². The van der Waals surface area contributed by atoms with Gasteiger partial charge in [-0.3, -0.25) is 14.1 Å². The molecule has 0 bridgehead atoms. The molecule has 0 atom stereocenters. The summed E-state index contributed by atoms with van der Waals surface area (Å²) in [5, 5.41) is 14.8. The van der Waals surface area contributed by atoms with E-state index < -0.39 is 0 Å². The van der Waals surface area contributed by atoms with Crippen LogP contribution in [0.2, 0.25) is 5.15 Å². The summed E-state index contributed by atoms with van der Waals surface area (Å²) in [6.07, 6.45) is 12.1. The molecule has 1 saturated carbocycles. The van der Waals surface area contributed by atoms with Crippen LogP contribution in [0.15, 0.2) is 47.4 Å². The summed E-state index contributed by atoms with van der Waals surface area (Å²) in [4.78, 5) is 18.1. The van der Waals surface area contributed by atoms with E-state index in [0.717, 1.165) is 53.8 Å². The van der Waals surface area contributed by atoms with Gasteiger partial charge in [0.25, 0.3) is 0 Å². The molecule has 1 aromatic carbocycles. The van der Waals surface area contributed by atoms with Crippen LogP contribution in [-0.2, 0) is 19.5 Å². The molecule has 8 nitrogen and oxygen atoms in total. The lowest BCUT2D eigenvalue weighted by Crippen LogP contribution is -2.26. The molecule has 1 N–H and O–H groups in total. The Balaban J connectivity index is 1.39. The predicted octanol–water partition coefficient (Wildman–Crippen LogP) is 5.91. The van der Waals surface area contributed by atoms with Crippen molar-refractivity contribution in [1.29, 1.82) is 0 Å². The Bertz CT molecular complexity index is 1350. The molecule has 9 heteroatoms. The molecule has 3 aromatic heterocycles. The summed E-state index contributed by atoms with van der Waals surface area (Å²) < 4.78 is 3.68. The number of rotatable bonds is 10. The molecule has 0 spiro atoms. The smallest absolute Gasteiger partial charge is 0.290 e. The van der Waals surface area contributed by atoms with Crippen molar-refractivity contribution in [1.82, 2.24) is 34.7 Å². The Kier molecular flexibility index (Phi) is 8.14. The molecule has 4 aromatic rings. The van der Waals surface area contributed by atoms with Crippen molar-refractivity contribution in [3.8, 4) is 22.6 Å². The highest BCUT2D eigenvalue weighted by Gasteiger charge is 2.21. The van der Waals surface area contributed by atoms with E-state index in [-0.39, 0.29) is 5.69 Å². The van der Waals surface area contributed by atoms with Crippen molar-refractivity contribution in [2.45, 2.75) is 77.8 Å². The van der Waals surface area contributed by atoms with Crippen molar-refractivity contribution in [2.24, 2.45) is 5.92 Å². The standard InChI is InChI=1S/C28H34ClN7O/c1-2-3-11-24-26(29)35(18-16-20-8-5-4-6-9-20)28(37)36(24)19-21-12-14-22(15-13-21)25-23(10-7-17-30-25)27-31-33-34-32-27/h7,10,12-15,17,20H,2-6,8-9,11,16,18-19H2,1H3,(H,31,32,33,34). The topological polar surface area (TPSA) is 94.3 Å². The highest BCUT2D eigenvalue weighted by molar-refractivity contribution is 6.30. The number of H-pyrrole nitrogens is 1. The molecule has 0 amide bonds. The Morgan fingerprint density at radius 1 is 1.08 bits per heavy atom. The van der Waals surface area contributed by atoms with Crippen molar-refractivity contribution >= 4 is 11.6 Å². The van der Waals surface area contributed by atoms with Crippen molar-refractivity contribution < 1.29 is 0 Å². The first kappa shape index (κ1) is 25.4. The van der Waals surface area contributed by atoms with Crippen LogP contribution in [0.4, 0.5) is 0 Å². The number of aromatic amines is 1. The number of aromatic nitrogens is 7. The number of halogens is 1. The van der Waals surface area contributed by atoms with Gasteiger partial charge in [0.2, 0.25) is 0 Å². The lowest BCUT2D eigenvalue weighted by molar-refractivity contribution is 0.322. The van der Waals surface area contributed by atoms with Gasteiger partial charge in [-0.15, -0.1) is 5.10 Å². The molecule has 1 fully saturated rings. The zero-order valence-electron chi connectivity index (χ0n) is 21.4. The molecule has 1 aliphatic carbocycles. The maximum atomic E-state index is 13.5. The van der Waals surface area contributed by atoms with Crippen LogP contribution >= 0.6 is 11.6 Å². The Hall–Kier alpha value is -3.26. The third-order valence-corrected chi connectivity index (χ3v) is 7.91. The van der Waals surface area contributed by atoms with E-state index in [0.29, 0.717) is 30.0 Å². The minimum atomic E-state index is 0.000760. The Morgan fingerprint density at radius 2 is 1.89 bits per heavy atom. The van der Waals surface area contributed by atoms with E-state index in [9.17, 15) is 4.79 Å². The van der Waals surface area contributed by atoms with Gasteiger partial charge in [-0.05, 0) is 53.3 Å². The fourth-order valence-electron chi connectivity index (χ4n) is 5.39. The molecule has 3 heterocycles. The molecule has 5 rings (SSSR count). The quantitative estimate of drug-likeness (QED) is 0.281. The second-order valence-electron chi connectivity index (χ2n) is 10.0. The van der Waals surface area contributed by atoms with Crippen LogP contribution in [-0.4, -0.2) is 34.7 Å². The number of nitrogens with zero attached hydrogens (tertiary/aromatic N) is 6. The summed E-state index contributed by atoms with van der Waals surface area (Å²) in [7, 11) is 0. The SMILES string of the molecule is CCCCc1c(Cl)n(CCC2CCCCC2)c(=O)n1Cc1ccc(-c2ncccc2-c2nnn[nH]2)cc1. The lowest BCUT2D eigenvalue weighted by Gasteiger charge is -2.21. The lowest BCUT2D eigenvalue weighted by atomic mass is 9.87. The fourth-order valence-corrected chi connectivity index (χ4v) is 5.74. The number of unbranched alkanes of at least 4 members (excludes halogenated alkanes) is 1. The Labute approximate surface area is 222 Å². The highest BCUT2D eigenvalue weighted by atomic mass is 35.5. The minimum absolute atomic E-state index is 0.000760. The van der Waals surface area contributed by atoms with Gasteiger partial charge in [0.1, 0.15) is 5.15 Å². The Morgan fingerprint density at radius 3 is 2.62 bits per heavy atom. The van der Waals surface area contributed by atoms with E-state index >= 15 is 0 Å². The van der Waals surface area contributed by atoms with Crippen LogP contribution < -0.4 is 5.69 Å². The second-order valence-corrected chi connectivity index (χ2v) is 10.4. The van der Waals surface area contributed by atoms with Crippen LogP contribution in [0.3, 0.4) is 0 Å². The van der Waals surface area contributed by atoms with Gasteiger partial charge >= 0.3 is 5.69 Å². The van der Waals surface area contributed by atoms with Gasteiger partial charge in [0.15, 0.2) is 5.82 Å². The van der Waals surface area contributed by atoms with Crippen LogP contribution in [0.1, 0.15) is 69.5 Å². The summed E-state index contributed by atoms with van der Waals surface area (Å²) in [5.41, 5.74) is 4.58. The summed E-state index contributed by atoms with van der Waals surface area (Å²) >= 11 is 6.84. The fraction of sp³-hybridized carbons (Fsp3) is 0.464. The monoisotopic (exact) mass is 519 g/mol. The molecule has 0 saturated heterocycles. The van der Waals surface area contributed by atoms with E-state index in [4.69, 9.17) is 11.6 Å². The van der Waals surface area contributed by atoms with Crippen LogP contribution in [0, 0.1) is 5.92 Å². The van der Waals surface area contributed by atoms with E-state index in [2.05, 4.69) is 44.7 Å². The van der Waals surface area contributed by atoms with Gasteiger partial charge in [0.05, 0.1) is 17.9 Å². The first-order chi connectivity index (χ1) is 18.2. The number of imidazole rings is 1. The first-order valence-electron chi connectivity index (χ1n) is 13.4. The third-order valence-electron chi connectivity index (χ3n) is 7.49. The maximum absolute atomic E-state index is 13.5. The molecular weight excluding hydrogens is 486 g/mol. The molecule has 0 radical (unpaired) electrons. The van der Waals surface area contributed by atoms with E-state index in [1.807, 2.05) is 28.8 Å². The maximum Gasteiger partial charge on any atom is 0.329 e. The van der Waals surface area contributed by atoms with E-state index in [1.54, 1.807) is 10.8 Å². The molecule has 194 valence electrons. The molecule has 0 unspecified atom stereocenters. The van der Waals surface area contributed by atoms with Crippen molar-refractivity contribution in [3.05, 3.63) is 69.5 Å². The van der Waals surface area contributed by atoms with Crippen molar-refractivity contribution in [3.63, 3.8) is 0 Å². The zero-order valence-corrected chi connectivity index (χ0v) is 22.1. The molecule has 37 heavy (non-hydrogen) atoms.